The molecule has 0 N–H and O–H groups in total. The van der Waals surface area contributed by atoms with Gasteiger partial charge >= 0.3 is 0 Å². The van der Waals surface area contributed by atoms with Crippen LogP contribution >= 0.6 is 28.1 Å². The van der Waals surface area contributed by atoms with E-state index in [4.69, 9.17) is 0 Å². The number of carbonyl (C=O) groups is 1. The molecule has 0 fully saturated rings. The summed E-state index contributed by atoms with van der Waals surface area (Å²) in [5.74, 6) is 0.0226. The molecule has 5 heteroatoms. The molecule has 0 atom stereocenters. The zero-order valence-electron chi connectivity index (χ0n) is 9.68. The van der Waals surface area contributed by atoms with Crippen LogP contribution in [0, 0.1) is 0 Å². The lowest BCUT2D eigenvalue weighted by Crippen LogP contribution is -2.33. The molecule has 1 aromatic carbocycles. The molecule has 0 aliphatic carbocycles. The molecular formula is C12H13BrN2OS. The molecule has 2 rings (SSSR count). The first-order valence-corrected chi connectivity index (χ1v) is 6.76. The summed E-state index contributed by atoms with van der Waals surface area (Å²) in [5.41, 5.74) is 2.07. The molecule has 0 bridgehead atoms. The van der Waals surface area contributed by atoms with Crippen LogP contribution in [0.5, 0.6) is 0 Å². The number of rotatable bonds is 2. The average Bonchev–Trinajstić information content (AvgIpc) is 2.35. The number of nitrogens with zero attached hydrogens (tertiary/aromatic N) is 2. The Balaban J connectivity index is 2.17. The van der Waals surface area contributed by atoms with Crippen molar-refractivity contribution in [2.75, 3.05) is 7.05 Å². The summed E-state index contributed by atoms with van der Waals surface area (Å²) in [6.45, 7) is 2.53. The fraction of sp³-hybridized carbons (Fsp3) is 0.250. The Morgan fingerprint density at radius 2 is 1.94 bits per heavy atom. The molecule has 0 unspecified atom stereocenters. The molecule has 0 spiro atoms. The monoisotopic (exact) mass is 312 g/mol. The summed E-state index contributed by atoms with van der Waals surface area (Å²) >= 11 is 4.78. The third-order valence-corrected chi connectivity index (χ3v) is 4.52. The van der Waals surface area contributed by atoms with E-state index in [0.717, 1.165) is 11.3 Å². The van der Waals surface area contributed by atoms with Gasteiger partial charge in [-0.1, -0.05) is 30.3 Å². The molecule has 17 heavy (non-hydrogen) atoms. The van der Waals surface area contributed by atoms with Crippen molar-refractivity contribution < 1.29 is 4.79 Å². The highest BCUT2D eigenvalue weighted by molar-refractivity contribution is 9.12. The van der Waals surface area contributed by atoms with E-state index >= 15 is 0 Å². The normalized spacial score (nSPS) is 16.8. The molecule has 1 heterocycles. The summed E-state index contributed by atoms with van der Waals surface area (Å²) < 4.78 is 4.36. The molecule has 1 amide bonds. The van der Waals surface area contributed by atoms with Crippen LogP contribution < -0.4 is 0 Å². The second kappa shape index (κ2) is 5.14. The van der Waals surface area contributed by atoms with Gasteiger partial charge in [-0.3, -0.25) is 9.10 Å². The zero-order chi connectivity index (χ0) is 12.4. The minimum Gasteiger partial charge on any atom is -0.304 e. The average molecular weight is 313 g/mol. The van der Waals surface area contributed by atoms with E-state index in [-0.39, 0.29) is 5.91 Å². The van der Waals surface area contributed by atoms with Crippen molar-refractivity contribution in [2.24, 2.45) is 0 Å². The minimum atomic E-state index is 0.0226. The highest BCUT2D eigenvalue weighted by Gasteiger charge is 2.27. The molecule has 0 saturated heterocycles. The van der Waals surface area contributed by atoms with Crippen molar-refractivity contribution in [1.29, 1.82) is 0 Å². The van der Waals surface area contributed by atoms with E-state index in [2.05, 4.69) is 15.9 Å². The van der Waals surface area contributed by atoms with Gasteiger partial charge in [0.2, 0.25) is 0 Å². The lowest BCUT2D eigenvalue weighted by atomic mass is 10.2. The zero-order valence-corrected chi connectivity index (χ0v) is 12.1. The first-order chi connectivity index (χ1) is 8.09. The first-order valence-electron chi connectivity index (χ1n) is 5.23. The van der Waals surface area contributed by atoms with Crippen LogP contribution in [0.1, 0.15) is 12.5 Å². The number of halogens is 1. The van der Waals surface area contributed by atoms with Crippen LogP contribution in [0.15, 0.2) is 40.5 Å². The van der Waals surface area contributed by atoms with Gasteiger partial charge in [-0.05, 0) is 28.4 Å². The van der Waals surface area contributed by atoms with Crippen molar-refractivity contribution in [2.45, 2.75) is 13.5 Å². The predicted molar refractivity (Wildman–Crippen MR) is 74.0 cm³/mol. The van der Waals surface area contributed by atoms with E-state index in [1.165, 1.54) is 12.1 Å². The van der Waals surface area contributed by atoms with Crippen molar-refractivity contribution in [3.05, 3.63) is 46.1 Å². The topological polar surface area (TPSA) is 23.6 Å². The fourth-order valence-corrected chi connectivity index (χ4v) is 3.09. The number of amides is 1. The third-order valence-electron chi connectivity index (χ3n) is 2.59. The Kier molecular flexibility index (Phi) is 3.79. The van der Waals surface area contributed by atoms with Gasteiger partial charge in [0.25, 0.3) is 5.91 Å². The van der Waals surface area contributed by atoms with Crippen molar-refractivity contribution >= 4 is 34.0 Å². The Bertz CT molecular complexity index is 461. The summed E-state index contributed by atoms with van der Waals surface area (Å²) in [5, 5.41) is 0. The van der Waals surface area contributed by atoms with Gasteiger partial charge in [-0.15, -0.1) is 0 Å². The van der Waals surface area contributed by atoms with Gasteiger partial charge < -0.3 is 4.31 Å². The van der Waals surface area contributed by atoms with E-state index < -0.39 is 0 Å². The molecule has 3 nitrogen and oxygen atoms in total. The number of carbonyl (C=O) groups excluding carboxylic acids is 1. The smallest absolute Gasteiger partial charge is 0.274 e. The Labute approximate surface area is 114 Å². The maximum atomic E-state index is 12.1. The fourth-order valence-electron chi connectivity index (χ4n) is 1.50. The van der Waals surface area contributed by atoms with E-state index in [9.17, 15) is 4.79 Å². The van der Waals surface area contributed by atoms with Gasteiger partial charge in [0.15, 0.2) is 0 Å². The molecule has 90 valence electrons. The second-order valence-electron chi connectivity index (χ2n) is 3.81. The number of allylic oxidation sites excluding steroid dienone is 1. The van der Waals surface area contributed by atoms with E-state index in [0.29, 0.717) is 11.0 Å². The second-order valence-corrected chi connectivity index (χ2v) is 5.75. The highest BCUT2D eigenvalue weighted by atomic mass is 79.9. The van der Waals surface area contributed by atoms with Crippen LogP contribution in [0.25, 0.3) is 0 Å². The predicted octanol–water partition coefficient (Wildman–Crippen LogP) is 3.15. The SMILES string of the molecule is CC1=C(Br)C(=O)N(Cc2ccccc2)SN1C. The van der Waals surface area contributed by atoms with Gasteiger partial charge in [0, 0.05) is 12.7 Å². The number of hydrogen-bond acceptors (Lipinski definition) is 3. The van der Waals surface area contributed by atoms with Crippen LogP contribution in [-0.2, 0) is 11.3 Å². The Hall–Kier alpha value is -0.940. The molecule has 1 aliphatic rings. The van der Waals surface area contributed by atoms with Crippen LogP contribution in [0.3, 0.4) is 0 Å². The molecule has 0 radical (unpaired) electrons. The summed E-state index contributed by atoms with van der Waals surface area (Å²) in [4.78, 5) is 12.1. The quantitative estimate of drug-likeness (QED) is 0.784. The standard InChI is InChI=1S/C12H13BrN2OS/c1-9-11(13)12(16)15(17-14(9)2)8-10-6-4-3-5-7-10/h3-7H,8H2,1-2H3. The molecule has 1 aromatic rings. The molecule has 1 aliphatic heterocycles. The lowest BCUT2D eigenvalue weighted by Gasteiger charge is -2.32. The third kappa shape index (κ3) is 2.66. The maximum absolute atomic E-state index is 12.1. The summed E-state index contributed by atoms with van der Waals surface area (Å²) in [6.07, 6.45) is 0. The van der Waals surface area contributed by atoms with Crippen molar-refractivity contribution in [1.82, 2.24) is 8.61 Å². The van der Waals surface area contributed by atoms with Crippen molar-refractivity contribution in [3.8, 4) is 0 Å². The molecule has 0 saturated carbocycles. The highest BCUT2D eigenvalue weighted by Crippen LogP contribution is 2.33. The molecular weight excluding hydrogens is 300 g/mol. The van der Waals surface area contributed by atoms with Gasteiger partial charge in [0.1, 0.15) is 4.48 Å². The first kappa shape index (κ1) is 12.5. The van der Waals surface area contributed by atoms with E-state index in [1.54, 1.807) is 4.31 Å². The van der Waals surface area contributed by atoms with Crippen LogP contribution in [0.2, 0.25) is 0 Å². The van der Waals surface area contributed by atoms with Gasteiger partial charge in [-0.25, -0.2) is 0 Å². The Morgan fingerprint density at radius 1 is 1.29 bits per heavy atom. The van der Waals surface area contributed by atoms with Gasteiger partial charge in [-0.2, -0.15) is 0 Å². The van der Waals surface area contributed by atoms with Crippen LogP contribution in [0.4, 0.5) is 0 Å². The maximum Gasteiger partial charge on any atom is 0.274 e. The summed E-state index contributed by atoms with van der Waals surface area (Å²) in [6, 6.07) is 9.98. The molecule has 0 aromatic heterocycles. The minimum absolute atomic E-state index is 0.0226. The van der Waals surface area contributed by atoms with Crippen LogP contribution in [-0.4, -0.2) is 21.6 Å². The summed E-state index contributed by atoms with van der Waals surface area (Å²) in [7, 11) is 1.95. The lowest BCUT2D eigenvalue weighted by molar-refractivity contribution is -0.122. The number of hydrogen-bond donors (Lipinski definition) is 0. The van der Waals surface area contributed by atoms with Crippen molar-refractivity contribution in [3.63, 3.8) is 0 Å². The van der Waals surface area contributed by atoms with Gasteiger partial charge in [0.05, 0.1) is 18.7 Å². The Morgan fingerprint density at radius 3 is 2.59 bits per heavy atom. The largest absolute Gasteiger partial charge is 0.304 e. The number of benzene rings is 1. The van der Waals surface area contributed by atoms with E-state index in [1.807, 2.05) is 48.6 Å².